The fraction of sp³-hybridized carbons (Fsp3) is 0.222. The maximum atomic E-state index is 13.2. The van der Waals surface area contributed by atoms with Gasteiger partial charge in [0.15, 0.2) is 11.5 Å². The molecule has 0 aromatic heterocycles. The molecule has 0 saturated carbocycles. The molecule has 1 amide bonds. The van der Waals surface area contributed by atoms with Gasteiger partial charge < -0.3 is 14.4 Å². The SMILES string of the molecule is COc1cc(/C=C2\C(=O)N(CC(C)C)c3ccccc32)ccc1OCc1ccc(Cl)cc1Cl. The molecule has 0 fully saturated rings. The van der Waals surface area contributed by atoms with Crippen LogP contribution in [-0.4, -0.2) is 19.6 Å². The summed E-state index contributed by atoms with van der Waals surface area (Å²) in [6.07, 6.45) is 1.91. The largest absolute Gasteiger partial charge is 0.493 e. The molecule has 4 rings (SSSR count). The van der Waals surface area contributed by atoms with Crippen molar-refractivity contribution in [1.82, 2.24) is 0 Å². The van der Waals surface area contributed by atoms with E-state index >= 15 is 0 Å². The maximum absolute atomic E-state index is 13.2. The Morgan fingerprint density at radius 3 is 2.52 bits per heavy atom. The van der Waals surface area contributed by atoms with Crippen LogP contribution < -0.4 is 14.4 Å². The topological polar surface area (TPSA) is 38.8 Å². The fourth-order valence-electron chi connectivity index (χ4n) is 3.85. The van der Waals surface area contributed by atoms with Crippen molar-refractivity contribution >= 4 is 46.4 Å². The van der Waals surface area contributed by atoms with E-state index in [1.807, 2.05) is 59.5 Å². The van der Waals surface area contributed by atoms with Crippen LogP contribution in [0.2, 0.25) is 10.0 Å². The van der Waals surface area contributed by atoms with E-state index in [-0.39, 0.29) is 12.5 Å². The normalized spacial score (nSPS) is 14.2. The average Bonchev–Trinajstić information content (AvgIpc) is 3.04. The summed E-state index contributed by atoms with van der Waals surface area (Å²) in [6.45, 7) is 5.18. The van der Waals surface area contributed by atoms with E-state index < -0.39 is 0 Å². The Bertz CT molecular complexity index is 1220. The van der Waals surface area contributed by atoms with Gasteiger partial charge in [-0.25, -0.2) is 0 Å². The summed E-state index contributed by atoms with van der Waals surface area (Å²) in [4.78, 5) is 15.1. The second kappa shape index (κ2) is 9.90. The Balaban J connectivity index is 1.60. The third-order valence-corrected chi connectivity index (χ3v) is 5.99. The van der Waals surface area contributed by atoms with E-state index in [2.05, 4.69) is 13.8 Å². The zero-order chi connectivity index (χ0) is 23.5. The predicted molar refractivity (Wildman–Crippen MR) is 135 cm³/mol. The molecule has 3 aromatic rings. The minimum absolute atomic E-state index is 0.0153. The second-order valence-electron chi connectivity index (χ2n) is 8.32. The Hall–Kier alpha value is -2.95. The van der Waals surface area contributed by atoms with Crippen LogP contribution in [0.25, 0.3) is 11.6 Å². The third-order valence-electron chi connectivity index (χ3n) is 5.41. The molecule has 0 unspecified atom stereocenters. The van der Waals surface area contributed by atoms with E-state index in [9.17, 15) is 4.79 Å². The number of fused-ring (bicyclic) bond motifs is 1. The van der Waals surface area contributed by atoms with Gasteiger partial charge in [-0.1, -0.05) is 67.4 Å². The monoisotopic (exact) mass is 481 g/mol. The van der Waals surface area contributed by atoms with Gasteiger partial charge in [0, 0.05) is 33.3 Å². The number of hydrogen-bond donors (Lipinski definition) is 0. The van der Waals surface area contributed by atoms with Gasteiger partial charge in [-0.3, -0.25) is 4.79 Å². The number of rotatable bonds is 7. The number of nitrogens with zero attached hydrogens (tertiary/aromatic N) is 1. The van der Waals surface area contributed by atoms with Crippen molar-refractivity contribution in [2.45, 2.75) is 20.5 Å². The molecule has 0 N–H and O–H groups in total. The molecule has 0 atom stereocenters. The molecule has 0 radical (unpaired) electrons. The lowest BCUT2D eigenvalue weighted by atomic mass is 10.0. The number of para-hydroxylation sites is 1. The van der Waals surface area contributed by atoms with Crippen molar-refractivity contribution < 1.29 is 14.3 Å². The second-order valence-corrected chi connectivity index (χ2v) is 9.16. The van der Waals surface area contributed by atoms with E-state index in [0.717, 1.165) is 22.4 Å². The van der Waals surface area contributed by atoms with Crippen LogP contribution in [0.3, 0.4) is 0 Å². The van der Waals surface area contributed by atoms with E-state index in [4.69, 9.17) is 32.7 Å². The molecule has 1 heterocycles. The van der Waals surface area contributed by atoms with Crippen molar-refractivity contribution in [3.63, 3.8) is 0 Å². The number of benzene rings is 3. The molecule has 4 nitrogen and oxygen atoms in total. The first-order valence-electron chi connectivity index (χ1n) is 10.7. The lowest BCUT2D eigenvalue weighted by molar-refractivity contribution is -0.113. The summed E-state index contributed by atoms with van der Waals surface area (Å²) >= 11 is 12.2. The quantitative estimate of drug-likeness (QED) is 0.337. The van der Waals surface area contributed by atoms with Crippen LogP contribution in [0.15, 0.2) is 60.7 Å². The molecule has 1 aliphatic heterocycles. The number of amides is 1. The summed E-state index contributed by atoms with van der Waals surface area (Å²) in [7, 11) is 1.59. The summed E-state index contributed by atoms with van der Waals surface area (Å²) < 4.78 is 11.5. The van der Waals surface area contributed by atoms with Crippen LogP contribution in [0.5, 0.6) is 11.5 Å². The van der Waals surface area contributed by atoms with Crippen LogP contribution >= 0.6 is 23.2 Å². The highest BCUT2D eigenvalue weighted by Crippen LogP contribution is 2.39. The lowest BCUT2D eigenvalue weighted by Gasteiger charge is -2.19. The smallest absolute Gasteiger partial charge is 0.259 e. The summed E-state index contributed by atoms with van der Waals surface area (Å²) in [5.74, 6) is 1.55. The summed E-state index contributed by atoms with van der Waals surface area (Å²) in [6, 6.07) is 18.8. The molecule has 0 bridgehead atoms. The molecule has 1 aliphatic rings. The Morgan fingerprint density at radius 1 is 1.00 bits per heavy atom. The number of anilines is 1. The Kier molecular flexibility index (Phi) is 6.96. The van der Waals surface area contributed by atoms with Gasteiger partial charge in [0.2, 0.25) is 0 Å². The highest BCUT2D eigenvalue weighted by molar-refractivity contribution is 6.36. The van der Waals surface area contributed by atoms with Crippen molar-refractivity contribution in [2.75, 3.05) is 18.6 Å². The van der Waals surface area contributed by atoms with Crippen LogP contribution in [0.4, 0.5) is 5.69 Å². The number of ether oxygens (including phenoxy) is 2. The molecule has 33 heavy (non-hydrogen) atoms. The predicted octanol–water partition coefficient (Wildman–Crippen LogP) is 7.12. The number of hydrogen-bond acceptors (Lipinski definition) is 3. The molecular formula is C27H25Cl2NO3. The number of carbonyl (C=O) groups is 1. The summed E-state index contributed by atoms with van der Waals surface area (Å²) in [5, 5.41) is 1.13. The Morgan fingerprint density at radius 2 is 1.79 bits per heavy atom. The number of halogens is 2. The highest BCUT2D eigenvalue weighted by atomic mass is 35.5. The highest BCUT2D eigenvalue weighted by Gasteiger charge is 2.32. The fourth-order valence-corrected chi connectivity index (χ4v) is 4.31. The standard InChI is InChI=1S/C27H25Cl2NO3/c1-17(2)15-30-24-7-5-4-6-21(24)22(27(30)31)12-18-8-11-25(26(13-18)32-3)33-16-19-9-10-20(28)14-23(19)29/h4-14,17H,15-16H2,1-3H3/b22-12-. The minimum Gasteiger partial charge on any atom is -0.493 e. The van der Waals surface area contributed by atoms with Crippen LogP contribution in [-0.2, 0) is 11.4 Å². The molecule has 6 heteroatoms. The van der Waals surface area contributed by atoms with Gasteiger partial charge in [-0.05, 0) is 47.9 Å². The van der Waals surface area contributed by atoms with Crippen molar-refractivity contribution in [2.24, 2.45) is 5.92 Å². The molecular weight excluding hydrogens is 457 g/mol. The van der Waals surface area contributed by atoms with E-state index in [0.29, 0.717) is 39.6 Å². The van der Waals surface area contributed by atoms with E-state index in [1.54, 1.807) is 19.2 Å². The van der Waals surface area contributed by atoms with Crippen molar-refractivity contribution in [1.29, 1.82) is 0 Å². The van der Waals surface area contributed by atoms with Gasteiger partial charge in [-0.15, -0.1) is 0 Å². The third kappa shape index (κ3) is 5.02. The molecule has 0 aliphatic carbocycles. The first-order chi connectivity index (χ1) is 15.9. The first kappa shape index (κ1) is 23.2. The molecule has 0 spiro atoms. The van der Waals surface area contributed by atoms with Crippen LogP contribution in [0, 0.1) is 5.92 Å². The first-order valence-corrected chi connectivity index (χ1v) is 11.5. The zero-order valence-corrected chi connectivity index (χ0v) is 20.3. The van der Waals surface area contributed by atoms with Gasteiger partial charge in [0.25, 0.3) is 5.91 Å². The van der Waals surface area contributed by atoms with Gasteiger partial charge in [0.05, 0.1) is 12.8 Å². The maximum Gasteiger partial charge on any atom is 0.259 e. The number of methoxy groups -OCH3 is 1. The minimum atomic E-state index is 0.0153. The zero-order valence-electron chi connectivity index (χ0n) is 18.8. The Labute approximate surface area is 204 Å². The lowest BCUT2D eigenvalue weighted by Crippen LogP contribution is -2.30. The van der Waals surface area contributed by atoms with E-state index in [1.165, 1.54) is 0 Å². The average molecular weight is 482 g/mol. The molecule has 3 aromatic carbocycles. The molecule has 170 valence electrons. The van der Waals surface area contributed by atoms with Crippen LogP contribution in [0.1, 0.15) is 30.5 Å². The van der Waals surface area contributed by atoms with Gasteiger partial charge in [0.1, 0.15) is 6.61 Å². The van der Waals surface area contributed by atoms with Crippen molar-refractivity contribution in [3.8, 4) is 11.5 Å². The van der Waals surface area contributed by atoms with Crippen molar-refractivity contribution in [3.05, 3.63) is 87.4 Å². The molecule has 0 saturated heterocycles. The van der Waals surface area contributed by atoms with Gasteiger partial charge in [-0.2, -0.15) is 0 Å². The van der Waals surface area contributed by atoms with Gasteiger partial charge >= 0.3 is 0 Å². The number of carbonyl (C=O) groups excluding carboxylic acids is 1. The summed E-state index contributed by atoms with van der Waals surface area (Å²) in [5.41, 5.74) is 4.25.